The minimum atomic E-state index is 0.735. The molecule has 2 aromatic carbocycles. The molecule has 0 bridgehead atoms. The molecule has 0 spiro atoms. The zero-order valence-corrected chi connectivity index (χ0v) is 15.2. The number of rotatable bonds is 6. The third-order valence-corrected chi connectivity index (χ3v) is 4.42. The van der Waals surface area contributed by atoms with E-state index in [1.165, 1.54) is 5.56 Å². The van der Waals surface area contributed by atoms with Crippen molar-refractivity contribution in [2.75, 3.05) is 12.4 Å². The van der Waals surface area contributed by atoms with Gasteiger partial charge in [-0.15, -0.1) is 0 Å². The first-order chi connectivity index (χ1) is 13.3. The molecule has 0 saturated heterocycles. The first-order valence-corrected chi connectivity index (χ1v) is 8.91. The van der Waals surface area contributed by atoms with Crippen LogP contribution in [0.15, 0.2) is 79.0 Å². The summed E-state index contributed by atoms with van der Waals surface area (Å²) in [5.74, 6) is 1.82. The minimum Gasteiger partial charge on any atom is -0.496 e. The van der Waals surface area contributed by atoms with Crippen molar-refractivity contribution in [3.8, 4) is 5.75 Å². The Balaban J connectivity index is 1.68. The van der Waals surface area contributed by atoms with Crippen LogP contribution in [0.5, 0.6) is 5.75 Å². The van der Waals surface area contributed by atoms with Crippen LogP contribution in [0.2, 0.25) is 0 Å². The zero-order chi connectivity index (χ0) is 18.5. The molecule has 2 heterocycles. The fourth-order valence-corrected chi connectivity index (χ4v) is 3.06. The average Bonchev–Trinajstić information content (AvgIpc) is 3.09. The van der Waals surface area contributed by atoms with Crippen LogP contribution in [0.3, 0.4) is 0 Å². The first-order valence-electron chi connectivity index (χ1n) is 8.91. The molecule has 0 amide bonds. The Morgan fingerprint density at radius 1 is 0.926 bits per heavy atom. The van der Waals surface area contributed by atoms with Gasteiger partial charge < -0.3 is 10.1 Å². The van der Waals surface area contributed by atoms with Gasteiger partial charge in [0.15, 0.2) is 0 Å². The molecule has 4 nitrogen and oxygen atoms in total. The SMILES string of the molecule is COc1ccccc1/C=C/c1nc2ccccn2c1NCc1ccccc1. The van der Waals surface area contributed by atoms with Gasteiger partial charge in [0, 0.05) is 18.3 Å². The number of pyridine rings is 1. The van der Waals surface area contributed by atoms with Crippen LogP contribution in [-0.2, 0) is 6.54 Å². The summed E-state index contributed by atoms with van der Waals surface area (Å²) in [7, 11) is 1.68. The van der Waals surface area contributed by atoms with Crippen molar-refractivity contribution in [1.29, 1.82) is 0 Å². The molecule has 0 radical (unpaired) electrons. The second-order valence-electron chi connectivity index (χ2n) is 6.19. The molecule has 0 unspecified atom stereocenters. The molecule has 0 fully saturated rings. The van der Waals surface area contributed by atoms with Crippen LogP contribution >= 0.6 is 0 Å². The van der Waals surface area contributed by atoms with Crippen molar-refractivity contribution in [2.45, 2.75) is 6.54 Å². The highest BCUT2D eigenvalue weighted by Gasteiger charge is 2.09. The van der Waals surface area contributed by atoms with Crippen molar-refractivity contribution in [3.63, 3.8) is 0 Å². The summed E-state index contributed by atoms with van der Waals surface area (Å²) in [4.78, 5) is 4.77. The predicted octanol–water partition coefficient (Wildman–Crippen LogP) is 5.13. The molecule has 0 aliphatic rings. The van der Waals surface area contributed by atoms with Gasteiger partial charge in [-0.05, 0) is 35.9 Å². The number of anilines is 1. The van der Waals surface area contributed by atoms with Crippen molar-refractivity contribution in [1.82, 2.24) is 9.38 Å². The molecule has 27 heavy (non-hydrogen) atoms. The van der Waals surface area contributed by atoms with Crippen LogP contribution in [0.1, 0.15) is 16.8 Å². The van der Waals surface area contributed by atoms with Crippen molar-refractivity contribution in [2.24, 2.45) is 0 Å². The van der Waals surface area contributed by atoms with E-state index in [9.17, 15) is 0 Å². The van der Waals surface area contributed by atoms with Crippen molar-refractivity contribution in [3.05, 3.63) is 95.8 Å². The molecule has 134 valence electrons. The van der Waals surface area contributed by atoms with Gasteiger partial charge in [0.25, 0.3) is 0 Å². The van der Waals surface area contributed by atoms with Crippen LogP contribution in [0.25, 0.3) is 17.8 Å². The number of aromatic nitrogens is 2. The topological polar surface area (TPSA) is 38.6 Å². The highest BCUT2D eigenvalue weighted by atomic mass is 16.5. The summed E-state index contributed by atoms with van der Waals surface area (Å²) in [5.41, 5.74) is 4.05. The summed E-state index contributed by atoms with van der Waals surface area (Å²) in [6.45, 7) is 0.735. The van der Waals surface area contributed by atoms with E-state index >= 15 is 0 Å². The normalized spacial score (nSPS) is 11.1. The molecule has 0 aliphatic heterocycles. The number of benzene rings is 2. The van der Waals surface area contributed by atoms with Crippen LogP contribution in [-0.4, -0.2) is 16.5 Å². The van der Waals surface area contributed by atoms with Crippen LogP contribution in [0.4, 0.5) is 5.82 Å². The zero-order valence-electron chi connectivity index (χ0n) is 15.2. The Bertz CT molecular complexity index is 1070. The van der Waals surface area contributed by atoms with Gasteiger partial charge in [0.1, 0.15) is 22.9 Å². The number of hydrogen-bond acceptors (Lipinski definition) is 3. The number of hydrogen-bond donors (Lipinski definition) is 1. The summed E-state index contributed by atoms with van der Waals surface area (Å²) in [6.07, 6.45) is 6.09. The lowest BCUT2D eigenvalue weighted by molar-refractivity contribution is 0.414. The van der Waals surface area contributed by atoms with E-state index in [1.54, 1.807) is 7.11 Å². The Morgan fingerprint density at radius 2 is 1.70 bits per heavy atom. The lowest BCUT2D eigenvalue weighted by Crippen LogP contribution is -2.03. The molecule has 4 heteroatoms. The lowest BCUT2D eigenvalue weighted by Gasteiger charge is -2.08. The average molecular weight is 355 g/mol. The van der Waals surface area contributed by atoms with Gasteiger partial charge in [0.2, 0.25) is 0 Å². The Labute approximate surface area is 158 Å². The van der Waals surface area contributed by atoms with E-state index in [0.29, 0.717) is 0 Å². The van der Waals surface area contributed by atoms with Gasteiger partial charge in [-0.1, -0.05) is 54.6 Å². The van der Waals surface area contributed by atoms with Crippen LogP contribution in [0, 0.1) is 0 Å². The Morgan fingerprint density at radius 3 is 2.56 bits per heavy atom. The maximum atomic E-state index is 5.44. The highest BCUT2D eigenvalue weighted by Crippen LogP contribution is 2.24. The third kappa shape index (κ3) is 3.70. The maximum Gasteiger partial charge on any atom is 0.139 e. The molecule has 2 aromatic heterocycles. The summed E-state index contributed by atoms with van der Waals surface area (Å²) in [6, 6.07) is 24.3. The third-order valence-electron chi connectivity index (χ3n) is 4.42. The van der Waals surface area contributed by atoms with E-state index in [1.807, 2.05) is 79.0 Å². The smallest absolute Gasteiger partial charge is 0.139 e. The summed E-state index contributed by atoms with van der Waals surface area (Å²) in [5, 5.41) is 3.54. The largest absolute Gasteiger partial charge is 0.496 e. The Kier molecular flexibility index (Phi) is 4.88. The monoisotopic (exact) mass is 355 g/mol. The van der Waals surface area contributed by atoms with E-state index in [-0.39, 0.29) is 0 Å². The molecule has 1 N–H and O–H groups in total. The second-order valence-corrected chi connectivity index (χ2v) is 6.19. The Hall–Kier alpha value is -3.53. The molecule has 0 atom stereocenters. The summed E-state index contributed by atoms with van der Waals surface area (Å²) >= 11 is 0. The van der Waals surface area contributed by atoms with Crippen molar-refractivity contribution < 1.29 is 4.74 Å². The quantitative estimate of drug-likeness (QED) is 0.521. The molecular formula is C23H21N3O. The highest BCUT2D eigenvalue weighted by molar-refractivity contribution is 5.77. The number of ether oxygens (including phenoxy) is 1. The number of nitrogens with one attached hydrogen (secondary N) is 1. The van der Waals surface area contributed by atoms with Gasteiger partial charge >= 0.3 is 0 Å². The standard InChI is InChI=1S/C23H21N3O/c1-27-21-12-6-5-11-19(21)14-15-20-23(24-17-18-9-3-2-4-10-18)26-16-8-7-13-22(26)25-20/h2-16,24H,17H2,1H3/b15-14+. The summed E-state index contributed by atoms with van der Waals surface area (Å²) < 4.78 is 7.51. The number of nitrogens with zero attached hydrogens (tertiary/aromatic N) is 2. The van der Waals surface area contributed by atoms with Gasteiger partial charge in [0.05, 0.1) is 7.11 Å². The van der Waals surface area contributed by atoms with E-state index in [0.717, 1.165) is 35.0 Å². The predicted molar refractivity (Wildman–Crippen MR) is 111 cm³/mol. The fraction of sp³-hybridized carbons (Fsp3) is 0.0870. The number of imidazole rings is 1. The van der Waals surface area contributed by atoms with Gasteiger partial charge in [-0.25, -0.2) is 4.98 Å². The molecule has 0 aliphatic carbocycles. The van der Waals surface area contributed by atoms with Gasteiger partial charge in [-0.3, -0.25) is 4.40 Å². The first kappa shape index (κ1) is 16.9. The maximum absolute atomic E-state index is 5.44. The molecular weight excluding hydrogens is 334 g/mol. The molecule has 0 saturated carbocycles. The number of para-hydroxylation sites is 1. The molecule has 4 aromatic rings. The van der Waals surface area contributed by atoms with E-state index in [4.69, 9.17) is 9.72 Å². The van der Waals surface area contributed by atoms with E-state index in [2.05, 4.69) is 21.9 Å². The lowest BCUT2D eigenvalue weighted by atomic mass is 10.1. The minimum absolute atomic E-state index is 0.735. The number of fused-ring (bicyclic) bond motifs is 1. The second kappa shape index (κ2) is 7.79. The van der Waals surface area contributed by atoms with Gasteiger partial charge in [-0.2, -0.15) is 0 Å². The molecule has 4 rings (SSSR count). The van der Waals surface area contributed by atoms with Crippen LogP contribution < -0.4 is 10.1 Å². The van der Waals surface area contributed by atoms with E-state index < -0.39 is 0 Å². The van der Waals surface area contributed by atoms with Crippen molar-refractivity contribution >= 4 is 23.6 Å². The number of methoxy groups -OCH3 is 1. The fourth-order valence-electron chi connectivity index (χ4n) is 3.06.